The SMILES string of the molecule is CC1Cc2cc3c(cc2CN1C(=O)NC1CCCC1)OCO3. The Morgan fingerprint density at radius 2 is 1.86 bits per heavy atom. The van der Waals surface area contributed by atoms with E-state index in [1.807, 2.05) is 11.0 Å². The summed E-state index contributed by atoms with van der Waals surface area (Å²) in [6, 6.07) is 4.73. The molecule has 5 nitrogen and oxygen atoms in total. The Balaban J connectivity index is 1.52. The van der Waals surface area contributed by atoms with Crippen molar-refractivity contribution in [3.63, 3.8) is 0 Å². The van der Waals surface area contributed by atoms with Crippen LogP contribution in [0, 0.1) is 0 Å². The van der Waals surface area contributed by atoms with Crippen molar-refractivity contribution in [1.82, 2.24) is 10.2 Å². The van der Waals surface area contributed by atoms with Gasteiger partial charge in [0.25, 0.3) is 0 Å². The molecule has 0 saturated heterocycles. The van der Waals surface area contributed by atoms with Gasteiger partial charge in [0.1, 0.15) is 0 Å². The Morgan fingerprint density at radius 1 is 1.18 bits per heavy atom. The summed E-state index contributed by atoms with van der Waals surface area (Å²) in [4.78, 5) is 14.5. The molecule has 1 aromatic rings. The van der Waals surface area contributed by atoms with E-state index in [4.69, 9.17) is 9.47 Å². The summed E-state index contributed by atoms with van der Waals surface area (Å²) < 4.78 is 10.9. The third kappa shape index (κ3) is 2.38. The number of ether oxygens (including phenoxy) is 2. The van der Waals surface area contributed by atoms with E-state index in [2.05, 4.69) is 18.3 Å². The smallest absolute Gasteiger partial charge is 0.318 e. The lowest BCUT2D eigenvalue weighted by atomic mass is 9.94. The first-order valence-electron chi connectivity index (χ1n) is 8.19. The van der Waals surface area contributed by atoms with Crippen LogP contribution in [-0.2, 0) is 13.0 Å². The van der Waals surface area contributed by atoms with Gasteiger partial charge < -0.3 is 19.7 Å². The van der Waals surface area contributed by atoms with Gasteiger partial charge in [0.15, 0.2) is 11.5 Å². The Bertz CT molecular complexity index is 596. The van der Waals surface area contributed by atoms with Crippen LogP contribution in [0.2, 0.25) is 0 Å². The average molecular weight is 302 g/mol. The number of carbonyl (C=O) groups is 1. The fraction of sp³-hybridized carbons (Fsp3) is 0.588. The number of hydrogen-bond donors (Lipinski definition) is 1. The maximum atomic E-state index is 12.6. The van der Waals surface area contributed by atoms with Gasteiger partial charge in [-0.15, -0.1) is 0 Å². The van der Waals surface area contributed by atoms with Gasteiger partial charge in [0.05, 0.1) is 0 Å². The molecule has 1 unspecified atom stereocenters. The molecule has 1 aromatic carbocycles. The normalized spacial score (nSPS) is 23.5. The minimum Gasteiger partial charge on any atom is -0.454 e. The molecule has 0 radical (unpaired) electrons. The molecule has 0 aromatic heterocycles. The van der Waals surface area contributed by atoms with Crippen molar-refractivity contribution in [2.45, 2.75) is 57.7 Å². The molecule has 4 rings (SSSR count). The monoisotopic (exact) mass is 302 g/mol. The lowest BCUT2D eigenvalue weighted by Crippen LogP contribution is -2.49. The minimum absolute atomic E-state index is 0.0720. The second-order valence-electron chi connectivity index (χ2n) is 6.59. The molecule has 5 heteroatoms. The molecule has 1 aliphatic carbocycles. The van der Waals surface area contributed by atoms with E-state index < -0.39 is 0 Å². The molecule has 2 heterocycles. The van der Waals surface area contributed by atoms with Crippen LogP contribution < -0.4 is 14.8 Å². The number of rotatable bonds is 1. The summed E-state index contributed by atoms with van der Waals surface area (Å²) in [6.45, 7) is 3.05. The zero-order valence-corrected chi connectivity index (χ0v) is 12.9. The first-order valence-corrected chi connectivity index (χ1v) is 8.19. The minimum atomic E-state index is 0.0720. The highest BCUT2D eigenvalue weighted by molar-refractivity contribution is 5.75. The number of amides is 2. The van der Waals surface area contributed by atoms with Crippen LogP contribution >= 0.6 is 0 Å². The van der Waals surface area contributed by atoms with Crippen LogP contribution in [0.3, 0.4) is 0 Å². The second-order valence-corrected chi connectivity index (χ2v) is 6.59. The second kappa shape index (κ2) is 5.38. The molecular formula is C17H22N2O3. The lowest BCUT2D eigenvalue weighted by Gasteiger charge is -2.35. The molecule has 1 saturated carbocycles. The topological polar surface area (TPSA) is 50.8 Å². The van der Waals surface area contributed by atoms with Crippen LogP contribution in [0.25, 0.3) is 0 Å². The standard InChI is InChI=1S/C17H22N2O3/c1-11-6-12-7-15-16(22-10-21-15)8-13(12)9-19(11)17(20)18-14-4-2-3-5-14/h7-8,11,14H,2-6,9-10H2,1H3,(H,18,20). The lowest BCUT2D eigenvalue weighted by molar-refractivity contribution is 0.165. The summed E-state index contributed by atoms with van der Waals surface area (Å²) in [5, 5.41) is 3.19. The molecule has 0 spiro atoms. The van der Waals surface area contributed by atoms with Gasteiger partial charge >= 0.3 is 6.03 Å². The van der Waals surface area contributed by atoms with Crippen LogP contribution in [-0.4, -0.2) is 29.8 Å². The Labute approximate surface area is 130 Å². The van der Waals surface area contributed by atoms with Crippen LogP contribution in [0.15, 0.2) is 12.1 Å². The zero-order valence-electron chi connectivity index (χ0n) is 12.9. The highest BCUT2D eigenvalue weighted by Crippen LogP contribution is 2.37. The van der Waals surface area contributed by atoms with Gasteiger partial charge in [-0.05, 0) is 49.4 Å². The summed E-state index contributed by atoms with van der Waals surface area (Å²) in [5.74, 6) is 1.62. The maximum absolute atomic E-state index is 12.6. The Hall–Kier alpha value is -1.91. The van der Waals surface area contributed by atoms with Crippen molar-refractivity contribution in [1.29, 1.82) is 0 Å². The van der Waals surface area contributed by atoms with Gasteiger partial charge in [0, 0.05) is 18.6 Å². The third-order valence-corrected chi connectivity index (χ3v) is 5.03. The molecule has 3 aliphatic rings. The van der Waals surface area contributed by atoms with Crippen molar-refractivity contribution in [3.05, 3.63) is 23.3 Å². The number of urea groups is 1. The number of nitrogens with zero attached hydrogens (tertiary/aromatic N) is 1. The molecule has 1 N–H and O–H groups in total. The van der Waals surface area contributed by atoms with Crippen LogP contribution in [0.1, 0.15) is 43.7 Å². The van der Waals surface area contributed by atoms with Crippen LogP contribution in [0.4, 0.5) is 4.79 Å². The van der Waals surface area contributed by atoms with Gasteiger partial charge in [-0.3, -0.25) is 0 Å². The van der Waals surface area contributed by atoms with Gasteiger partial charge in [-0.1, -0.05) is 12.8 Å². The first-order chi connectivity index (χ1) is 10.7. The summed E-state index contributed by atoms with van der Waals surface area (Å²) >= 11 is 0. The average Bonchev–Trinajstić information content (AvgIpc) is 3.15. The van der Waals surface area contributed by atoms with E-state index in [1.165, 1.54) is 24.0 Å². The fourth-order valence-electron chi connectivity index (χ4n) is 3.73. The van der Waals surface area contributed by atoms with E-state index in [9.17, 15) is 4.79 Å². The number of fused-ring (bicyclic) bond motifs is 2. The van der Waals surface area contributed by atoms with E-state index in [-0.39, 0.29) is 12.1 Å². The van der Waals surface area contributed by atoms with Gasteiger partial charge in [-0.25, -0.2) is 4.79 Å². The van der Waals surface area contributed by atoms with E-state index in [0.717, 1.165) is 30.8 Å². The fourth-order valence-corrected chi connectivity index (χ4v) is 3.73. The quantitative estimate of drug-likeness (QED) is 0.868. The summed E-state index contributed by atoms with van der Waals surface area (Å²) in [7, 11) is 0. The number of carbonyl (C=O) groups excluding carboxylic acids is 1. The number of benzene rings is 1. The molecule has 0 bridgehead atoms. The van der Waals surface area contributed by atoms with E-state index in [0.29, 0.717) is 19.4 Å². The van der Waals surface area contributed by atoms with Gasteiger partial charge in [0.2, 0.25) is 6.79 Å². The largest absolute Gasteiger partial charge is 0.454 e. The van der Waals surface area contributed by atoms with E-state index in [1.54, 1.807) is 0 Å². The van der Waals surface area contributed by atoms with Crippen molar-refractivity contribution in [2.24, 2.45) is 0 Å². The van der Waals surface area contributed by atoms with Crippen molar-refractivity contribution in [3.8, 4) is 11.5 Å². The van der Waals surface area contributed by atoms with E-state index >= 15 is 0 Å². The Kier molecular flexibility index (Phi) is 3.36. The van der Waals surface area contributed by atoms with Gasteiger partial charge in [-0.2, -0.15) is 0 Å². The predicted molar refractivity (Wildman–Crippen MR) is 82.1 cm³/mol. The predicted octanol–water partition coefficient (Wildman–Crippen LogP) is 2.81. The van der Waals surface area contributed by atoms with Crippen molar-refractivity contribution >= 4 is 6.03 Å². The summed E-state index contributed by atoms with van der Waals surface area (Å²) in [6.07, 6.45) is 5.55. The molecular weight excluding hydrogens is 280 g/mol. The molecule has 1 atom stereocenters. The first kappa shape index (κ1) is 13.7. The molecule has 118 valence electrons. The third-order valence-electron chi connectivity index (χ3n) is 5.03. The maximum Gasteiger partial charge on any atom is 0.318 e. The molecule has 2 aliphatic heterocycles. The zero-order chi connectivity index (χ0) is 15.1. The highest BCUT2D eigenvalue weighted by Gasteiger charge is 2.30. The number of nitrogens with one attached hydrogen (secondary N) is 1. The molecule has 2 amide bonds. The highest BCUT2D eigenvalue weighted by atomic mass is 16.7. The number of hydrogen-bond acceptors (Lipinski definition) is 3. The van der Waals surface area contributed by atoms with Crippen LogP contribution in [0.5, 0.6) is 11.5 Å². The molecule has 1 fully saturated rings. The molecule has 22 heavy (non-hydrogen) atoms. The van der Waals surface area contributed by atoms with Crippen molar-refractivity contribution < 1.29 is 14.3 Å². The summed E-state index contributed by atoms with van der Waals surface area (Å²) in [5.41, 5.74) is 2.44. The Morgan fingerprint density at radius 3 is 2.59 bits per heavy atom. The van der Waals surface area contributed by atoms with Crippen molar-refractivity contribution in [2.75, 3.05) is 6.79 Å².